The Kier molecular flexibility index (Phi) is 6.42. The lowest BCUT2D eigenvalue weighted by Gasteiger charge is -2.10. The summed E-state index contributed by atoms with van der Waals surface area (Å²) in [6.45, 7) is 1.87. The normalized spacial score (nSPS) is 11.1. The number of nitrogens with one attached hydrogen (secondary N) is 1. The molecule has 2 N–H and O–H groups in total. The molecule has 29 heavy (non-hydrogen) atoms. The van der Waals surface area contributed by atoms with E-state index < -0.39 is 16.0 Å². The molecule has 0 saturated heterocycles. The highest BCUT2D eigenvalue weighted by Gasteiger charge is 2.17. The number of sulfonamides is 1. The van der Waals surface area contributed by atoms with E-state index in [0.29, 0.717) is 34.6 Å². The Labute approximate surface area is 177 Å². The fourth-order valence-electron chi connectivity index (χ4n) is 2.59. The lowest BCUT2D eigenvalue weighted by Crippen LogP contribution is -2.13. The lowest BCUT2D eigenvalue weighted by molar-refractivity contribution is -0.137. The summed E-state index contributed by atoms with van der Waals surface area (Å²) in [5.74, 6) is 4.85. The zero-order valence-corrected chi connectivity index (χ0v) is 17.8. The van der Waals surface area contributed by atoms with Crippen LogP contribution in [0.3, 0.4) is 0 Å². The van der Waals surface area contributed by atoms with Crippen LogP contribution in [0.25, 0.3) is 10.2 Å². The van der Waals surface area contributed by atoms with Gasteiger partial charge in [-0.25, -0.2) is 13.4 Å². The number of hydrogen-bond donors (Lipinski definition) is 2. The molecule has 2 aromatic carbocycles. The number of carboxylic acid groups (broad SMARTS) is 1. The van der Waals surface area contributed by atoms with E-state index >= 15 is 0 Å². The molecule has 0 fully saturated rings. The van der Waals surface area contributed by atoms with Gasteiger partial charge in [0, 0.05) is 17.9 Å². The van der Waals surface area contributed by atoms with Crippen LogP contribution in [0.4, 0.5) is 5.69 Å². The number of aliphatic carboxylic acids is 1. The summed E-state index contributed by atoms with van der Waals surface area (Å²) < 4.78 is 29.2. The molecule has 0 bridgehead atoms. The Morgan fingerprint density at radius 1 is 1.28 bits per heavy atom. The van der Waals surface area contributed by atoms with Crippen molar-refractivity contribution in [3.05, 3.63) is 52.0 Å². The second kappa shape index (κ2) is 8.82. The van der Waals surface area contributed by atoms with Gasteiger partial charge in [0.05, 0.1) is 31.4 Å². The van der Waals surface area contributed by atoms with Crippen LogP contribution in [-0.2, 0) is 14.8 Å². The number of unbranched alkanes of at least 4 members (excludes halogenated alkanes) is 1. The van der Waals surface area contributed by atoms with Crippen LogP contribution in [0.5, 0.6) is 0 Å². The number of aromatic nitrogens is 1. The first-order valence-electron chi connectivity index (χ1n) is 8.65. The van der Waals surface area contributed by atoms with E-state index in [-0.39, 0.29) is 11.3 Å². The zero-order valence-electron chi connectivity index (χ0n) is 15.4. The average molecular weight is 449 g/mol. The monoisotopic (exact) mass is 448 g/mol. The molecule has 0 radical (unpaired) electrons. The first-order chi connectivity index (χ1) is 13.7. The van der Waals surface area contributed by atoms with Gasteiger partial charge in [0.15, 0.2) is 0 Å². The highest BCUT2D eigenvalue weighted by molar-refractivity contribution is 7.92. The van der Waals surface area contributed by atoms with E-state index in [1.807, 2.05) is 6.92 Å². The quantitative estimate of drug-likeness (QED) is 0.422. The molecule has 0 atom stereocenters. The summed E-state index contributed by atoms with van der Waals surface area (Å²) >= 11 is 7.52. The summed E-state index contributed by atoms with van der Waals surface area (Å²) in [5.41, 5.74) is 1.35. The maximum absolute atomic E-state index is 12.9. The molecule has 3 rings (SSSR count). The van der Waals surface area contributed by atoms with Crippen molar-refractivity contribution in [1.29, 1.82) is 0 Å². The van der Waals surface area contributed by atoms with Crippen LogP contribution in [-0.4, -0.2) is 24.5 Å². The minimum Gasteiger partial charge on any atom is -0.481 e. The van der Waals surface area contributed by atoms with Crippen LogP contribution in [0.1, 0.15) is 29.8 Å². The van der Waals surface area contributed by atoms with Crippen LogP contribution in [0.15, 0.2) is 41.3 Å². The van der Waals surface area contributed by atoms with Gasteiger partial charge >= 0.3 is 5.97 Å². The minimum atomic E-state index is -3.85. The molecule has 0 saturated carbocycles. The van der Waals surface area contributed by atoms with Gasteiger partial charge in [0.1, 0.15) is 0 Å². The van der Waals surface area contributed by atoms with E-state index in [9.17, 15) is 13.2 Å². The zero-order chi connectivity index (χ0) is 21.0. The molecule has 0 amide bonds. The topological polar surface area (TPSA) is 96.4 Å². The number of benzene rings is 2. The number of thiazole rings is 1. The smallest absolute Gasteiger partial charge is 0.303 e. The first kappa shape index (κ1) is 21.1. The molecule has 6 nitrogen and oxygen atoms in total. The van der Waals surface area contributed by atoms with E-state index in [0.717, 1.165) is 9.71 Å². The van der Waals surface area contributed by atoms with Crippen molar-refractivity contribution >= 4 is 54.8 Å². The van der Waals surface area contributed by atoms with Crippen molar-refractivity contribution < 1.29 is 18.3 Å². The van der Waals surface area contributed by atoms with Crippen molar-refractivity contribution in [1.82, 2.24) is 4.98 Å². The summed E-state index contributed by atoms with van der Waals surface area (Å²) in [7, 11) is -3.85. The maximum atomic E-state index is 12.9. The summed E-state index contributed by atoms with van der Waals surface area (Å²) in [6, 6.07) is 9.49. The predicted octanol–water partition coefficient (Wildman–Crippen LogP) is 4.67. The Hall–Kier alpha value is -2.60. The lowest BCUT2D eigenvalue weighted by atomic mass is 10.1. The number of fused-ring (bicyclic) bond motifs is 1. The Bertz CT molecular complexity index is 1240. The number of carbonyl (C=O) groups is 1. The molecule has 0 aliphatic carbocycles. The molecule has 1 heterocycles. The fraction of sp³-hybridized carbons (Fsp3) is 0.200. The SMILES string of the molecule is Cc1nc2cc(S(=O)(=O)Nc3ccc(Cl)cc3C#CCCCC(=O)O)ccc2s1. The van der Waals surface area contributed by atoms with Crippen LogP contribution < -0.4 is 4.72 Å². The standard InChI is InChI=1S/C20H17ClN2O4S2/c1-13-22-18-12-16(8-10-19(18)28-13)29(26,27)23-17-9-7-15(21)11-14(17)5-3-2-4-6-20(24)25/h7-12,23H,2,4,6H2,1H3,(H,24,25). The summed E-state index contributed by atoms with van der Waals surface area (Å²) in [5, 5.41) is 9.95. The van der Waals surface area contributed by atoms with Gasteiger partial charge in [0.25, 0.3) is 10.0 Å². The van der Waals surface area contributed by atoms with Gasteiger partial charge in [0.2, 0.25) is 0 Å². The number of hydrogen-bond acceptors (Lipinski definition) is 5. The molecule has 3 aromatic rings. The molecule has 9 heteroatoms. The number of nitrogens with zero attached hydrogens (tertiary/aromatic N) is 1. The van der Waals surface area contributed by atoms with E-state index in [2.05, 4.69) is 21.5 Å². The maximum Gasteiger partial charge on any atom is 0.303 e. The summed E-state index contributed by atoms with van der Waals surface area (Å²) in [4.78, 5) is 15.0. The molecule has 150 valence electrons. The van der Waals surface area contributed by atoms with Crippen molar-refractivity contribution in [3.8, 4) is 11.8 Å². The molecule has 1 aromatic heterocycles. The average Bonchev–Trinajstić information content (AvgIpc) is 3.02. The predicted molar refractivity (Wildman–Crippen MR) is 115 cm³/mol. The highest BCUT2D eigenvalue weighted by atomic mass is 35.5. The number of carboxylic acids is 1. The molecule has 0 aliphatic rings. The van der Waals surface area contributed by atoms with Gasteiger partial charge in [-0.05, 0) is 49.7 Å². The largest absolute Gasteiger partial charge is 0.481 e. The number of halogens is 1. The molecule has 0 spiro atoms. The van der Waals surface area contributed by atoms with E-state index in [1.165, 1.54) is 23.5 Å². The summed E-state index contributed by atoms with van der Waals surface area (Å²) in [6.07, 6.45) is 0.824. The third kappa shape index (κ3) is 5.48. The van der Waals surface area contributed by atoms with Crippen LogP contribution in [0.2, 0.25) is 5.02 Å². The van der Waals surface area contributed by atoms with Gasteiger partial charge < -0.3 is 5.11 Å². The number of aryl methyl sites for hydroxylation is 1. The Morgan fingerprint density at radius 2 is 2.07 bits per heavy atom. The van der Waals surface area contributed by atoms with Crippen molar-refractivity contribution in [2.75, 3.05) is 4.72 Å². The van der Waals surface area contributed by atoms with E-state index in [4.69, 9.17) is 16.7 Å². The van der Waals surface area contributed by atoms with Crippen molar-refractivity contribution in [2.45, 2.75) is 31.1 Å². The van der Waals surface area contributed by atoms with Crippen molar-refractivity contribution in [3.63, 3.8) is 0 Å². The first-order valence-corrected chi connectivity index (χ1v) is 11.3. The minimum absolute atomic E-state index is 0.0300. The number of rotatable bonds is 6. The van der Waals surface area contributed by atoms with Gasteiger partial charge in [-0.15, -0.1) is 11.3 Å². The van der Waals surface area contributed by atoms with Gasteiger partial charge in [-0.3, -0.25) is 9.52 Å². The molecule has 0 unspecified atom stereocenters. The van der Waals surface area contributed by atoms with Gasteiger partial charge in [-0.2, -0.15) is 0 Å². The van der Waals surface area contributed by atoms with Gasteiger partial charge in [-0.1, -0.05) is 23.4 Å². The molecular weight excluding hydrogens is 432 g/mol. The third-order valence-electron chi connectivity index (χ3n) is 3.92. The Balaban J connectivity index is 1.86. The second-order valence-corrected chi connectivity index (χ2v) is 9.56. The molecule has 0 aliphatic heterocycles. The molecular formula is C20H17ClN2O4S2. The highest BCUT2D eigenvalue weighted by Crippen LogP contribution is 2.27. The second-order valence-electron chi connectivity index (χ2n) is 6.21. The van der Waals surface area contributed by atoms with Crippen molar-refractivity contribution in [2.24, 2.45) is 0 Å². The Morgan fingerprint density at radius 3 is 2.83 bits per heavy atom. The third-order valence-corrected chi connectivity index (χ3v) is 6.47. The van der Waals surface area contributed by atoms with E-state index in [1.54, 1.807) is 24.3 Å². The fourth-order valence-corrected chi connectivity index (χ4v) is 4.67. The van der Waals surface area contributed by atoms with Crippen LogP contribution >= 0.6 is 22.9 Å². The number of anilines is 1. The van der Waals surface area contributed by atoms with Crippen LogP contribution in [0, 0.1) is 18.8 Å².